The number of thiophene rings is 1. The highest BCUT2D eigenvalue weighted by molar-refractivity contribution is 7.17. The zero-order valence-corrected chi connectivity index (χ0v) is 11.4. The molecular weight excluding hydrogens is 272 g/mol. The molecule has 2 amide bonds. The van der Waals surface area contributed by atoms with E-state index in [1.807, 2.05) is 0 Å². The van der Waals surface area contributed by atoms with Crippen LogP contribution >= 0.6 is 22.9 Å². The van der Waals surface area contributed by atoms with Gasteiger partial charge >= 0.3 is 0 Å². The minimum atomic E-state index is -0.323. The second-order valence-corrected chi connectivity index (χ2v) is 6.10. The fourth-order valence-corrected chi connectivity index (χ4v) is 3.02. The zero-order valence-electron chi connectivity index (χ0n) is 9.87. The number of hydrogen-bond donors (Lipinski definition) is 2. The molecule has 2 N–H and O–H groups in total. The van der Waals surface area contributed by atoms with Crippen molar-refractivity contribution in [1.29, 1.82) is 0 Å². The van der Waals surface area contributed by atoms with E-state index in [-0.39, 0.29) is 17.7 Å². The van der Waals surface area contributed by atoms with Crippen LogP contribution in [-0.4, -0.2) is 11.8 Å². The van der Waals surface area contributed by atoms with Gasteiger partial charge in [0.05, 0.1) is 9.21 Å². The predicted octanol–water partition coefficient (Wildman–Crippen LogP) is 2.74. The van der Waals surface area contributed by atoms with Crippen LogP contribution in [0, 0.1) is 5.92 Å². The van der Waals surface area contributed by atoms with E-state index in [1.165, 1.54) is 17.8 Å². The smallest absolute Gasteiger partial charge is 0.273 e. The van der Waals surface area contributed by atoms with E-state index in [1.54, 1.807) is 12.1 Å². The molecule has 1 aliphatic carbocycles. The standard InChI is InChI=1S/C12H15ClN2O2S/c13-10-7-6-9(18-10)12(17)15-14-11(16)8-4-2-1-3-5-8/h6-8H,1-5H2,(H,14,16)(H,15,17). The Morgan fingerprint density at radius 3 is 2.50 bits per heavy atom. The first-order valence-corrected chi connectivity index (χ1v) is 7.22. The van der Waals surface area contributed by atoms with E-state index in [0.717, 1.165) is 25.7 Å². The van der Waals surface area contributed by atoms with Crippen molar-refractivity contribution < 1.29 is 9.59 Å². The summed E-state index contributed by atoms with van der Waals surface area (Å²) in [5.74, 6) is -0.382. The Balaban J connectivity index is 1.80. The molecule has 6 heteroatoms. The van der Waals surface area contributed by atoms with Crippen molar-refractivity contribution in [2.24, 2.45) is 5.92 Å². The molecule has 1 fully saturated rings. The second kappa shape index (κ2) is 6.20. The molecule has 1 aromatic rings. The van der Waals surface area contributed by atoms with Crippen LogP contribution in [0.3, 0.4) is 0 Å². The number of hydrogen-bond acceptors (Lipinski definition) is 3. The lowest BCUT2D eigenvalue weighted by atomic mass is 9.89. The number of carbonyl (C=O) groups excluding carboxylic acids is 2. The van der Waals surface area contributed by atoms with Crippen LogP contribution in [0.4, 0.5) is 0 Å². The summed E-state index contributed by atoms with van der Waals surface area (Å²) in [4.78, 5) is 24.0. The minimum absolute atomic E-state index is 0.0333. The Kier molecular flexibility index (Phi) is 4.60. The zero-order chi connectivity index (χ0) is 13.0. The van der Waals surface area contributed by atoms with E-state index in [2.05, 4.69) is 10.9 Å². The Hall–Kier alpha value is -1.07. The van der Waals surface area contributed by atoms with Gasteiger partial charge < -0.3 is 0 Å². The Morgan fingerprint density at radius 1 is 1.17 bits per heavy atom. The van der Waals surface area contributed by atoms with Crippen molar-refractivity contribution in [1.82, 2.24) is 10.9 Å². The summed E-state index contributed by atoms with van der Waals surface area (Å²) < 4.78 is 0.554. The molecule has 2 rings (SSSR count). The fourth-order valence-electron chi connectivity index (χ4n) is 2.08. The summed E-state index contributed by atoms with van der Waals surface area (Å²) in [7, 11) is 0. The van der Waals surface area contributed by atoms with Crippen LogP contribution < -0.4 is 10.9 Å². The molecule has 1 aromatic heterocycles. The van der Waals surface area contributed by atoms with Gasteiger partial charge in [-0.25, -0.2) is 0 Å². The number of hydrazine groups is 1. The maximum Gasteiger partial charge on any atom is 0.279 e. The van der Waals surface area contributed by atoms with Gasteiger partial charge in [0.25, 0.3) is 5.91 Å². The highest BCUT2D eigenvalue weighted by Gasteiger charge is 2.21. The van der Waals surface area contributed by atoms with E-state index in [4.69, 9.17) is 11.6 Å². The van der Waals surface area contributed by atoms with Crippen LogP contribution in [0.1, 0.15) is 41.8 Å². The molecular formula is C12H15ClN2O2S. The Morgan fingerprint density at radius 2 is 1.89 bits per heavy atom. The molecule has 98 valence electrons. The molecule has 0 radical (unpaired) electrons. The van der Waals surface area contributed by atoms with Crippen LogP contribution in [0.2, 0.25) is 4.34 Å². The van der Waals surface area contributed by atoms with Gasteiger partial charge in [0.2, 0.25) is 5.91 Å². The first-order chi connectivity index (χ1) is 8.66. The number of nitrogens with one attached hydrogen (secondary N) is 2. The van der Waals surface area contributed by atoms with Gasteiger partial charge in [-0.2, -0.15) is 0 Å². The van der Waals surface area contributed by atoms with Crippen molar-refractivity contribution >= 4 is 34.8 Å². The van der Waals surface area contributed by atoms with Gasteiger partial charge in [-0.05, 0) is 25.0 Å². The van der Waals surface area contributed by atoms with Gasteiger partial charge in [0, 0.05) is 5.92 Å². The molecule has 0 spiro atoms. The molecule has 0 aromatic carbocycles. The third kappa shape index (κ3) is 3.46. The average molecular weight is 287 g/mol. The summed E-state index contributed by atoms with van der Waals surface area (Å²) >= 11 is 6.93. The van der Waals surface area contributed by atoms with E-state index >= 15 is 0 Å². The normalized spacial score (nSPS) is 16.3. The monoisotopic (exact) mass is 286 g/mol. The Labute approximate surface area is 115 Å². The van der Waals surface area contributed by atoms with Gasteiger partial charge in [-0.15, -0.1) is 11.3 Å². The quantitative estimate of drug-likeness (QED) is 0.821. The molecule has 0 unspecified atom stereocenters. The number of halogens is 1. The lowest BCUT2D eigenvalue weighted by Gasteiger charge is -2.20. The lowest BCUT2D eigenvalue weighted by Crippen LogP contribution is -2.44. The SMILES string of the molecule is O=C(NNC(=O)C1CCCCC1)c1ccc(Cl)s1. The van der Waals surface area contributed by atoms with Crippen LogP contribution in [0.25, 0.3) is 0 Å². The highest BCUT2D eigenvalue weighted by atomic mass is 35.5. The van der Waals surface area contributed by atoms with Crippen molar-refractivity contribution in [3.63, 3.8) is 0 Å². The molecule has 1 saturated carbocycles. The summed E-state index contributed by atoms with van der Waals surface area (Å²) in [6, 6.07) is 3.29. The van der Waals surface area contributed by atoms with Gasteiger partial charge in [0.1, 0.15) is 0 Å². The van der Waals surface area contributed by atoms with Crippen molar-refractivity contribution in [2.75, 3.05) is 0 Å². The molecule has 0 saturated heterocycles. The second-order valence-electron chi connectivity index (χ2n) is 4.38. The highest BCUT2D eigenvalue weighted by Crippen LogP contribution is 2.23. The summed E-state index contributed by atoms with van der Waals surface area (Å²) in [6.45, 7) is 0. The van der Waals surface area contributed by atoms with Gasteiger partial charge in [0.15, 0.2) is 0 Å². The summed E-state index contributed by atoms with van der Waals surface area (Å²) in [6.07, 6.45) is 5.20. The first kappa shape index (κ1) is 13.4. The van der Waals surface area contributed by atoms with Gasteiger partial charge in [-0.3, -0.25) is 20.4 Å². The summed E-state index contributed by atoms with van der Waals surface area (Å²) in [5, 5.41) is 0. The maximum absolute atomic E-state index is 11.8. The van der Waals surface area contributed by atoms with Crippen molar-refractivity contribution in [2.45, 2.75) is 32.1 Å². The number of amides is 2. The fraction of sp³-hybridized carbons (Fsp3) is 0.500. The van der Waals surface area contributed by atoms with Crippen LogP contribution in [0.15, 0.2) is 12.1 Å². The molecule has 0 atom stereocenters. The average Bonchev–Trinajstić information content (AvgIpc) is 2.83. The van der Waals surface area contributed by atoms with Gasteiger partial charge in [-0.1, -0.05) is 30.9 Å². The Bertz CT molecular complexity index is 441. The van der Waals surface area contributed by atoms with Crippen molar-refractivity contribution in [3.05, 3.63) is 21.3 Å². The maximum atomic E-state index is 11.8. The molecule has 0 aliphatic heterocycles. The number of carbonyl (C=O) groups is 2. The summed E-state index contributed by atoms with van der Waals surface area (Å²) in [5.41, 5.74) is 4.91. The topological polar surface area (TPSA) is 58.2 Å². The first-order valence-electron chi connectivity index (χ1n) is 6.02. The number of rotatable bonds is 2. The molecule has 18 heavy (non-hydrogen) atoms. The van der Waals surface area contributed by atoms with E-state index in [9.17, 15) is 9.59 Å². The molecule has 4 nitrogen and oxygen atoms in total. The van der Waals surface area contributed by atoms with Crippen LogP contribution in [0.5, 0.6) is 0 Å². The van der Waals surface area contributed by atoms with Crippen LogP contribution in [-0.2, 0) is 4.79 Å². The lowest BCUT2D eigenvalue weighted by molar-refractivity contribution is -0.126. The molecule has 1 heterocycles. The molecule has 0 bridgehead atoms. The minimum Gasteiger partial charge on any atom is -0.273 e. The van der Waals surface area contributed by atoms with E-state index < -0.39 is 0 Å². The van der Waals surface area contributed by atoms with Crippen molar-refractivity contribution in [3.8, 4) is 0 Å². The third-order valence-electron chi connectivity index (χ3n) is 3.07. The predicted molar refractivity (Wildman–Crippen MR) is 71.5 cm³/mol. The van der Waals surface area contributed by atoms with E-state index in [0.29, 0.717) is 9.21 Å². The third-order valence-corrected chi connectivity index (χ3v) is 4.30. The largest absolute Gasteiger partial charge is 0.279 e. The molecule has 1 aliphatic rings.